The molecule has 1 spiro atoms. The van der Waals surface area contributed by atoms with Crippen molar-refractivity contribution in [3.63, 3.8) is 0 Å². The molecular formula is C14H16O3. The summed E-state index contributed by atoms with van der Waals surface area (Å²) in [6.07, 6.45) is 1.54. The van der Waals surface area contributed by atoms with E-state index in [0.29, 0.717) is 0 Å². The lowest BCUT2D eigenvalue weighted by molar-refractivity contribution is -0.144. The first-order valence-electron chi connectivity index (χ1n) is 5.87. The van der Waals surface area contributed by atoms with Gasteiger partial charge in [-0.3, -0.25) is 4.79 Å². The molecule has 3 atom stereocenters. The molecule has 0 aromatic heterocycles. The molecule has 3 nitrogen and oxygen atoms in total. The fraction of sp³-hybridized carbons (Fsp3) is 0.500. The van der Waals surface area contributed by atoms with Gasteiger partial charge in [-0.2, -0.15) is 0 Å². The minimum Gasteiger partial charge on any atom is -0.481 e. The quantitative estimate of drug-likeness (QED) is 0.870. The molecule has 90 valence electrons. The van der Waals surface area contributed by atoms with Crippen molar-refractivity contribution in [2.24, 2.45) is 10.8 Å². The van der Waals surface area contributed by atoms with Crippen LogP contribution >= 0.6 is 0 Å². The maximum atomic E-state index is 11.3. The highest BCUT2D eigenvalue weighted by molar-refractivity contribution is 5.82. The first kappa shape index (κ1) is 10.8. The van der Waals surface area contributed by atoms with E-state index in [4.69, 9.17) is 4.74 Å². The van der Waals surface area contributed by atoms with Gasteiger partial charge in [0, 0.05) is 12.5 Å². The van der Waals surface area contributed by atoms with Gasteiger partial charge in [0.15, 0.2) is 0 Å². The molecule has 0 saturated heterocycles. The van der Waals surface area contributed by atoms with Gasteiger partial charge >= 0.3 is 5.97 Å². The van der Waals surface area contributed by atoms with Crippen molar-refractivity contribution in [3.05, 3.63) is 35.9 Å². The zero-order valence-corrected chi connectivity index (χ0v) is 10.1. The number of carboxylic acid groups (broad SMARTS) is 1. The second kappa shape index (κ2) is 2.91. The molecule has 0 radical (unpaired) electrons. The number of methoxy groups -OCH3 is 1. The lowest BCUT2D eigenvalue weighted by Crippen LogP contribution is -2.21. The highest BCUT2D eigenvalue weighted by atomic mass is 16.5. The number of ether oxygens (including phenoxy) is 1. The number of benzene rings is 1. The molecule has 0 aliphatic heterocycles. The molecule has 17 heavy (non-hydrogen) atoms. The van der Waals surface area contributed by atoms with Gasteiger partial charge in [0.05, 0.1) is 5.41 Å². The Labute approximate surface area is 100 Å². The van der Waals surface area contributed by atoms with Crippen molar-refractivity contribution in [3.8, 4) is 0 Å². The van der Waals surface area contributed by atoms with E-state index in [0.717, 1.165) is 18.4 Å². The van der Waals surface area contributed by atoms with Gasteiger partial charge in [-0.25, -0.2) is 0 Å². The zero-order chi connectivity index (χ0) is 12.3. The molecule has 3 rings (SSSR count). The summed E-state index contributed by atoms with van der Waals surface area (Å²) >= 11 is 0. The fourth-order valence-corrected chi connectivity index (χ4v) is 3.54. The number of rotatable bonds is 3. The molecule has 1 N–H and O–H groups in total. The van der Waals surface area contributed by atoms with Crippen molar-refractivity contribution < 1.29 is 14.6 Å². The van der Waals surface area contributed by atoms with E-state index >= 15 is 0 Å². The standard InChI is InChI=1S/C14H16O3/c1-12(11(15)16)8-13(12)9-14(13,17-2)10-6-4-3-5-7-10/h3-7H,8-9H2,1-2H3,(H,15,16). The van der Waals surface area contributed by atoms with Crippen LogP contribution in [0, 0.1) is 10.8 Å². The third kappa shape index (κ3) is 1.03. The van der Waals surface area contributed by atoms with E-state index in [1.807, 2.05) is 37.3 Å². The van der Waals surface area contributed by atoms with Gasteiger partial charge in [-0.15, -0.1) is 0 Å². The van der Waals surface area contributed by atoms with Gasteiger partial charge in [0.1, 0.15) is 5.60 Å². The first-order valence-corrected chi connectivity index (χ1v) is 5.87. The summed E-state index contributed by atoms with van der Waals surface area (Å²) in [6, 6.07) is 9.97. The minimum atomic E-state index is -0.702. The SMILES string of the molecule is COC1(c2ccccc2)CC12CC2(C)C(=O)O. The summed E-state index contributed by atoms with van der Waals surface area (Å²) in [6.45, 7) is 1.83. The van der Waals surface area contributed by atoms with Crippen molar-refractivity contribution in [2.45, 2.75) is 25.4 Å². The maximum Gasteiger partial charge on any atom is 0.310 e. The molecular weight excluding hydrogens is 216 g/mol. The summed E-state index contributed by atoms with van der Waals surface area (Å²) in [7, 11) is 1.68. The van der Waals surface area contributed by atoms with Crippen LogP contribution in [0.2, 0.25) is 0 Å². The second-order valence-electron chi connectivity index (χ2n) is 5.47. The van der Waals surface area contributed by atoms with Crippen molar-refractivity contribution >= 4 is 5.97 Å². The molecule has 1 aromatic carbocycles. The number of hydrogen-bond acceptors (Lipinski definition) is 2. The fourth-order valence-electron chi connectivity index (χ4n) is 3.54. The average Bonchev–Trinajstić information content (AvgIpc) is 3.18. The Balaban J connectivity index is 1.99. The predicted molar refractivity (Wildman–Crippen MR) is 62.5 cm³/mol. The number of aliphatic carboxylic acids is 1. The molecule has 0 amide bonds. The molecule has 0 bridgehead atoms. The largest absolute Gasteiger partial charge is 0.481 e. The smallest absolute Gasteiger partial charge is 0.310 e. The van der Waals surface area contributed by atoms with Crippen LogP contribution in [0.25, 0.3) is 0 Å². The predicted octanol–water partition coefficient (Wildman–Crippen LogP) is 2.41. The molecule has 3 unspecified atom stereocenters. The van der Waals surface area contributed by atoms with Crippen LogP contribution in [-0.2, 0) is 15.1 Å². The second-order valence-corrected chi connectivity index (χ2v) is 5.47. The van der Waals surface area contributed by atoms with Crippen molar-refractivity contribution in [1.29, 1.82) is 0 Å². The Morgan fingerprint density at radius 3 is 2.41 bits per heavy atom. The van der Waals surface area contributed by atoms with Crippen LogP contribution in [0.1, 0.15) is 25.3 Å². The van der Waals surface area contributed by atoms with Crippen LogP contribution in [0.5, 0.6) is 0 Å². The molecule has 3 heteroatoms. The number of hydrogen-bond donors (Lipinski definition) is 1. The minimum absolute atomic E-state index is 0.179. The van der Waals surface area contributed by atoms with Crippen LogP contribution in [-0.4, -0.2) is 18.2 Å². The Morgan fingerprint density at radius 2 is 1.94 bits per heavy atom. The summed E-state index contributed by atoms with van der Waals surface area (Å²) in [4.78, 5) is 11.3. The van der Waals surface area contributed by atoms with E-state index in [9.17, 15) is 9.90 Å². The third-order valence-electron chi connectivity index (χ3n) is 4.85. The molecule has 2 aliphatic carbocycles. The topological polar surface area (TPSA) is 46.5 Å². The normalized spacial score (nSPS) is 42.5. The summed E-state index contributed by atoms with van der Waals surface area (Å²) in [5.74, 6) is -0.702. The lowest BCUT2D eigenvalue weighted by atomic mass is 9.98. The summed E-state index contributed by atoms with van der Waals surface area (Å²) in [5, 5.41) is 9.31. The van der Waals surface area contributed by atoms with Crippen LogP contribution in [0.15, 0.2) is 30.3 Å². The Morgan fingerprint density at radius 1 is 1.29 bits per heavy atom. The Bertz CT molecular complexity index is 484. The highest BCUT2D eigenvalue weighted by Crippen LogP contribution is 2.87. The van der Waals surface area contributed by atoms with E-state index in [1.165, 1.54) is 0 Å². The van der Waals surface area contributed by atoms with Gasteiger partial charge in [-0.1, -0.05) is 30.3 Å². The lowest BCUT2D eigenvalue weighted by Gasteiger charge is -2.17. The Hall–Kier alpha value is -1.35. The van der Waals surface area contributed by atoms with Crippen LogP contribution in [0.3, 0.4) is 0 Å². The summed E-state index contributed by atoms with van der Waals surface area (Å²) < 4.78 is 5.69. The summed E-state index contributed by atoms with van der Waals surface area (Å²) in [5.41, 5.74) is -0.0604. The van der Waals surface area contributed by atoms with Gasteiger partial charge in [0.25, 0.3) is 0 Å². The van der Waals surface area contributed by atoms with Crippen LogP contribution < -0.4 is 0 Å². The number of carbonyl (C=O) groups is 1. The van der Waals surface area contributed by atoms with Gasteiger partial charge < -0.3 is 9.84 Å². The van der Waals surface area contributed by atoms with Crippen molar-refractivity contribution in [1.82, 2.24) is 0 Å². The molecule has 0 heterocycles. The van der Waals surface area contributed by atoms with E-state index in [-0.39, 0.29) is 11.0 Å². The van der Waals surface area contributed by atoms with Gasteiger partial charge in [-0.05, 0) is 25.3 Å². The van der Waals surface area contributed by atoms with Crippen molar-refractivity contribution in [2.75, 3.05) is 7.11 Å². The Kier molecular flexibility index (Phi) is 1.84. The monoisotopic (exact) mass is 232 g/mol. The molecule has 2 aliphatic rings. The van der Waals surface area contributed by atoms with E-state index in [2.05, 4.69) is 0 Å². The van der Waals surface area contributed by atoms with Crippen LogP contribution in [0.4, 0.5) is 0 Å². The molecule has 1 aromatic rings. The highest BCUT2D eigenvalue weighted by Gasteiger charge is 2.89. The van der Waals surface area contributed by atoms with E-state index < -0.39 is 11.4 Å². The first-order chi connectivity index (χ1) is 8.02. The maximum absolute atomic E-state index is 11.3. The van der Waals surface area contributed by atoms with E-state index in [1.54, 1.807) is 7.11 Å². The number of carboxylic acids is 1. The molecule has 2 saturated carbocycles. The van der Waals surface area contributed by atoms with Gasteiger partial charge in [0.2, 0.25) is 0 Å². The average molecular weight is 232 g/mol. The zero-order valence-electron chi connectivity index (χ0n) is 10.1. The molecule has 2 fully saturated rings. The third-order valence-corrected chi connectivity index (χ3v) is 4.85.